The molecule has 0 aromatic heterocycles. The smallest absolute Gasteiger partial charge is 0.221 e. The standard InChI is InChI=1S/C50H104N4O2/c1-4-7-10-13-16-19-22-24-27-30-33-36-42-53(46-40-50(56)52-41-35-32-29-26-21-18-15-12-9-6-3)43-38-39-45-54(48-49(55)47-51)44-37-34-31-28-25-23-20-17-14-11-8-5-2/h49,55H,4-48,51H2,1-3H3,(H,52,56). The number of nitrogens with two attached hydrogens (primary N) is 1. The summed E-state index contributed by atoms with van der Waals surface area (Å²) in [6, 6.07) is 0. The monoisotopic (exact) mass is 793 g/mol. The number of aliphatic hydroxyl groups is 1. The summed E-state index contributed by atoms with van der Waals surface area (Å²) in [5.41, 5.74) is 5.82. The zero-order chi connectivity index (χ0) is 40.8. The van der Waals surface area contributed by atoms with Gasteiger partial charge in [-0.15, -0.1) is 0 Å². The maximum Gasteiger partial charge on any atom is 0.221 e. The van der Waals surface area contributed by atoms with E-state index in [1.807, 2.05) is 0 Å². The van der Waals surface area contributed by atoms with Crippen molar-refractivity contribution in [2.45, 2.75) is 264 Å². The molecule has 0 aromatic rings. The van der Waals surface area contributed by atoms with Crippen LogP contribution in [-0.2, 0) is 4.79 Å². The van der Waals surface area contributed by atoms with Gasteiger partial charge in [0, 0.05) is 32.6 Å². The van der Waals surface area contributed by atoms with Crippen molar-refractivity contribution >= 4 is 5.91 Å². The molecule has 0 fully saturated rings. The van der Waals surface area contributed by atoms with Gasteiger partial charge in [0.15, 0.2) is 0 Å². The van der Waals surface area contributed by atoms with Crippen molar-refractivity contribution in [1.82, 2.24) is 15.1 Å². The van der Waals surface area contributed by atoms with Crippen LogP contribution in [-0.4, -0.2) is 79.3 Å². The van der Waals surface area contributed by atoms with E-state index >= 15 is 0 Å². The average Bonchev–Trinajstić information content (AvgIpc) is 3.20. The van der Waals surface area contributed by atoms with Gasteiger partial charge in [-0.1, -0.05) is 220 Å². The predicted molar refractivity (Wildman–Crippen MR) is 249 cm³/mol. The zero-order valence-electron chi connectivity index (χ0n) is 38.7. The highest BCUT2D eigenvalue weighted by Gasteiger charge is 2.12. The summed E-state index contributed by atoms with van der Waals surface area (Å²) in [6.45, 7) is 13.9. The molecule has 0 aliphatic rings. The number of carbonyl (C=O) groups is 1. The Bertz CT molecular complexity index is 753. The summed E-state index contributed by atoms with van der Waals surface area (Å²) in [4.78, 5) is 17.8. The fourth-order valence-corrected chi connectivity index (χ4v) is 8.21. The molecule has 4 N–H and O–H groups in total. The van der Waals surface area contributed by atoms with Gasteiger partial charge in [-0.05, 0) is 58.3 Å². The van der Waals surface area contributed by atoms with Gasteiger partial charge < -0.3 is 26.0 Å². The van der Waals surface area contributed by atoms with Crippen molar-refractivity contribution in [2.24, 2.45) is 5.73 Å². The largest absolute Gasteiger partial charge is 0.390 e. The number of nitrogens with one attached hydrogen (secondary N) is 1. The van der Waals surface area contributed by atoms with E-state index in [1.165, 1.54) is 212 Å². The molecule has 0 aromatic carbocycles. The zero-order valence-corrected chi connectivity index (χ0v) is 38.7. The van der Waals surface area contributed by atoms with E-state index in [-0.39, 0.29) is 5.91 Å². The second-order valence-electron chi connectivity index (χ2n) is 17.8. The van der Waals surface area contributed by atoms with E-state index < -0.39 is 6.10 Å². The molecule has 0 saturated heterocycles. The average molecular weight is 793 g/mol. The second-order valence-corrected chi connectivity index (χ2v) is 17.8. The molecule has 0 heterocycles. The third-order valence-corrected chi connectivity index (χ3v) is 12.1. The molecule has 0 rings (SSSR count). The molecule has 336 valence electrons. The van der Waals surface area contributed by atoms with Gasteiger partial charge >= 0.3 is 0 Å². The van der Waals surface area contributed by atoms with Crippen LogP contribution in [0, 0.1) is 0 Å². The third kappa shape index (κ3) is 42.9. The molecular formula is C50H104N4O2. The lowest BCUT2D eigenvalue weighted by atomic mass is 10.1. The third-order valence-electron chi connectivity index (χ3n) is 12.1. The van der Waals surface area contributed by atoms with Crippen molar-refractivity contribution in [2.75, 3.05) is 52.4 Å². The Balaban J connectivity index is 4.50. The molecule has 0 saturated carbocycles. The van der Waals surface area contributed by atoms with Crippen molar-refractivity contribution in [1.29, 1.82) is 0 Å². The molecular weight excluding hydrogens is 689 g/mol. The summed E-state index contributed by atoms with van der Waals surface area (Å²) in [5.74, 6) is 0.227. The van der Waals surface area contributed by atoms with Crippen LogP contribution in [0.1, 0.15) is 258 Å². The van der Waals surface area contributed by atoms with Gasteiger partial charge in [0.05, 0.1) is 6.10 Å². The minimum Gasteiger partial charge on any atom is -0.390 e. The summed E-state index contributed by atoms with van der Waals surface area (Å²) >= 11 is 0. The van der Waals surface area contributed by atoms with Crippen LogP contribution < -0.4 is 11.1 Å². The first-order valence-electron chi connectivity index (χ1n) is 25.7. The van der Waals surface area contributed by atoms with Crippen LogP contribution in [0.2, 0.25) is 0 Å². The van der Waals surface area contributed by atoms with Gasteiger partial charge in [-0.2, -0.15) is 0 Å². The lowest BCUT2D eigenvalue weighted by Crippen LogP contribution is -2.38. The number of nitrogens with zero attached hydrogens (tertiary/aromatic N) is 2. The van der Waals surface area contributed by atoms with Crippen molar-refractivity contribution in [3.63, 3.8) is 0 Å². The quantitative estimate of drug-likeness (QED) is 0.0535. The first-order chi connectivity index (χ1) is 27.6. The molecule has 1 amide bonds. The predicted octanol–water partition coefficient (Wildman–Crippen LogP) is 13.5. The first kappa shape index (κ1) is 55.3. The highest BCUT2D eigenvalue weighted by molar-refractivity contribution is 5.76. The number of hydrogen-bond acceptors (Lipinski definition) is 5. The molecule has 0 aliphatic heterocycles. The number of amides is 1. The maximum atomic E-state index is 12.8. The Morgan fingerprint density at radius 2 is 0.714 bits per heavy atom. The Labute approximate surface area is 352 Å². The SMILES string of the molecule is CCCCCCCCCCCCCCN(CCCCN(CCCCCCCCCCCCCC)CC(O)CN)CCC(=O)NCCCCCCCCCCCC. The Morgan fingerprint density at radius 1 is 0.429 bits per heavy atom. The fraction of sp³-hybridized carbons (Fsp3) is 0.980. The lowest BCUT2D eigenvalue weighted by molar-refractivity contribution is -0.121. The molecule has 0 bridgehead atoms. The lowest BCUT2D eigenvalue weighted by Gasteiger charge is -2.26. The molecule has 6 nitrogen and oxygen atoms in total. The van der Waals surface area contributed by atoms with Crippen molar-refractivity contribution < 1.29 is 9.90 Å². The highest BCUT2D eigenvalue weighted by atomic mass is 16.3. The van der Waals surface area contributed by atoms with E-state index in [4.69, 9.17) is 5.73 Å². The summed E-state index contributed by atoms with van der Waals surface area (Å²) in [6.07, 6.45) is 48.6. The Morgan fingerprint density at radius 3 is 1.05 bits per heavy atom. The van der Waals surface area contributed by atoms with Crippen LogP contribution in [0.5, 0.6) is 0 Å². The number of carbonyl (C=O) groups excluding carboxylic acids is 1. The first-order valence-corrected chi connectivity index (χ1v) is 25.7. The van der Waals surface area contributed by atoms with Crippen LogP contribution >= 0.6 is 0 Å². The minimum atomic E-state index is -0.437. The molecule has 1 atom stereocenters. The molecule has 0 aliphatic carbocycles. The van der Waals surface area contributed by atoms with E-state index in [1.54, 1.807) is 0 Å². The van der Waals surface area contributed by atoms with Gasteiger partial charge in [-0.25, -0.2) is 0 Å². The normalized spacial score (nSPS) is 12.3. The van der Waals surface area contributed by atoms with Crippen LogP contribution in [0.25, 0.3) is 0 Å². The van der Waals surface area contributed by atoms with E-state index in [9.17, 15) is 9.90 Å². The van der Waals surface area contributed by atoms with Gasteiger partial charge in [0.2, 0.25) is 5.91 Å². The van der Waals surface area contributed by atoms with Gasteiger partial charge in [0.1, 0.15) is 0 Å². The summed E-state index contributed by atoms with van der Waals surface area (Å²) in [5, 5.41) is 13.6. The summed E-state index contributed by atoms with van der Waals surface area (Å²) < 4.78 is 0. The number of unbranched alkanes of at least 4 members (excludes halogenated alkanes) is 32. The second kappa shape index (κ2) is 47.0. The molecule has 1 unspecified atom stereocenters. The van der Waals surface area contributed by atoms with Crippen molar-refractivity contribution in [3.05, 3.63) is 0 Å². The van der Waals surface area contributed by atoms with Gasteiger partial charge in [0.25, 0.3) is 0 Å². The van der Waals surface area contributed by atoms with E-state index in [0.717, 1.165) is 58.5 Å². The Hall–Kier alpha value is -0.690. The maximum absolute atomic E-state index is 12.8. The molecule has 6 heteroatoms. The topological polar surface area (TPSA) is 81.8 Å². The van der Waals surface area contributed by atoms with Crippen LogP contribution in [0.3, 0.4) is 0 Å². The van der Waals surface area contributed by atoms with Crippen molar-refractivity contribution in [3.8, 4) is 0 Å². The van der Waals surface area contributed by atoms with Crippen LogP contribution in [0.15, 0.2) is 0 Å². The minimum absolute atomic E-state index is 0.227. The number of rotatable bonds is 48. The fourth-order valence-electron chi connectivity index (χ4n) is 8.21. The van der Waals surface area contributed by atoms with Crippen LogP contribution in [0.4, 0.5) is 0 Å². The molecule has 0 spiro atoms. The summed E-state index contributed by atoms with van der Waals surface area (Å²) in [7, 11) is 0. The molecule has 56 heavy (non-hydrogen) atoms. The highest BCUT2D eigenvalue weighted by Crippen LogP contribution is 2.15. The van der Waals surface area contributed by atoms with Gasteiger partial charge in [-0.3, -0.25) is 4.79 Å². The number of aliphatic hydroxyl groups excluding tert-OH is 1. The van der Waals surface area contributed by atoms with E-state index in [0.29, 0.717) is 19.5 Å². The Kier molecular flexibility index (Phi) is 46.4. The molecule has 0 radical (unpaired) electrons. The number of hydrogen-bond donors (Lipinski definition) is 3. The van der Waals surface area contributed by atoms with E-state index in [2.05, 4.69) is 35.9 Å².